The predicted molar refractivity (Wildman–Crippen MR) is 138 cm³/mol. The Bertz CT molecular complexity index is 1090. The maximum Gasteiger partial charge on any atom is 0.123 e. The maximum atomic E-state index is 6.14. The molecule has 3 unspecified atom stereocenters. The molecule has 0 aromatic heterocycles. The van der Waals surface area contributed by atoms with Gasteiger partial charge >= 0.3 is 0 Å². The first kappa shape index (κ1) is 21.1. The summed E-state index contributed by atoms with van der Waals surface area (Å²) in [4.78, 5) is 2.78. The highest BCUT2D eigenvalue weighted by Gasteiger charge is 2.32. The van der Waals surface area contributed by atoms with Gasteiger partial charge in [-0.3, -0.25) is 0 Å². The van der Waals surface area contributed by atoms with Crippen molar-refractivity contribution in [2.45, 2.75) is 56.1 Å². The van der Waals surface area contributed by atoms with Gasteiger partial charge in [0.1, 0.15) is 6.17 Å². The second-order valence-electron chi connectivity index (χ2n) is 9.96. The average Bonchev–Trinajstić information content (AvgIpc) is 3.52. The van der Waals surface area contributed by atoms with Gasteiger partial charge in [-0.2, -0.15) is 0 Å². The van der Waals surface area contributed by atoms with Crippen LogP contribution in [0.15, 0.2) is 72.8 Å². The number of likely N-dealkylation sites (tertiary alicyclic amines) is 1. The fourth-order valence-corrected chi connectivity index (χ4v) is 6.32. The van der Waals surface area contributed by atoms with Crippen molar-refractivity contribution in [3.05, 3.63) is 94.5 Å². The Morgan fingerprint density at radius 2 is 1.36 bits per heavy atom. The van der Waals surface area contributed by atoms with Crippen molar-refractivity contribution >= 4 is 23.0 Å². The highest BCUT2D eigenvalue weighted by Crippen LogP contribution is 2.41. The predicted octanol–water partition coefficient (Wildman–Crippen LogP) is 7.39. The Morgan fingerprint density at radius 1 is 0.667 bits per heavy atom. The summed E-state index contributed by atoms with van der Waals surface area (Å²) in [6, 6.07) is 27.1. The van der Waals surface area contributed by atoms with Crippen LogP contribution in [0.25, 0.3) is 0 Å². The Labute approximate surface area is 202 Å². The van der Waals surface area contributed by atoms with Gasteiger partial charge in [-0.05, 0) is 91.9 Å². The molecule has 6 rings (SSSR count). The number of halogens is 1. The van der Waals surface area contributed by atoms with E-state index < -0.39 is 0 Å². The second kappa shape index (κ2) is 9.04. The third kappa shape index (κ3) is 4.37. The van der Waals surface area contributed by atoms with Gasteiger partial charge in [0, 0.05) is 11.1 Å². The van der Waals surface area contributed by atoms with E-state index in [1.165, 1.54) is 61.9 Å². The molecule has 3 atom stereocenters. The van der Waals surface area contributed by atoms with E-state index in [0.717, 1.165) is 28.4 Å². The molecule has 0 radical (unpaired) electrons. The molecule has 3 nitrogen and oxygen atoms in total. The van der Waals surface area contributed by atoms with Crippen LogP contribution in [0.5, 0.6) is 0 Å². The van der Waals surface area contributed by atoms with Gasteiger partial charge in [-0.1, -0.05) is 66.2 Å². The van der Waals surface area contributed by atoms with Crippen molar-refractivity contribution in [2.75, 3.05) is 23.7 Å². The Kier molecular flexibility index (Phi) is 5.77. The molecule has 3 aromatic carbocycles. The molecule has 1 saturated carbocycles. The highest BCUT2D eigenvalue weighted by atomic mass is 35.5. The van der Waals surface area contributed by atoms with Crippen molar-refractivity contribution in [3.8, 4) is 0 Å². The van der Waals surface area contributed by atoms with Gasteiger partial charge in [0.2, 0.25) is 0 Å². The molecule has 33 heavy (non-hydrogen) atoms. The minimum atomic E-state index is 0.106. The molecule has 170 valence electrons. The van der Waals surface area contributed by atoms with Crippen LogP contribution >= 0.6 is 11.6 Å². The molecular weight excluding hydrogens is 426 g/mol. The summed E-state index contributed by atoms with van der Waals surface area (Å²) < 4.78 is 0. The molecule has 1 aliphatic carbocycles. The minimum absolute atomic E-state index is 0.106. The maximum absolute atomic E-state index is 6.14. The molecule has 3 aromatic rings. The monoisotopic (exact) mass is 457 g/mol. The number of piperidine rings is 1. The van der Waals surface area contributed by atoms with Crippen LogP contribution < -0.4 is 10.6 Å². The van der Waals surface area contributed by atoms with Gasteiger partial charge in [-0.15, -0.1) is 0 Å². The summed E-state index contributed by atoms with van der Waals surface area (Å²) in [6.45, 7) is 2.50. The fraction of sp³-hybridized carbons (Fsp3) is 0.379. The van der Waals surface area contributed by atoms with Gasteiger partial charge in [-0.25, -0.2) is 0 Å². The molecule has 2 N–H and O–H groups in total. The average molecular weight is 458 g/mol. The first-order valence-electron chi connectivity index (χ1n) is 12.4. The summed E-state index contributed by atoms with van der Waals surface area (Å²) in [7, 11) is 0. The topological polar surface area (TPSA) is 27.3 Å². The lowest BCUT2D eigenvalue weighted by molar-refractivity contribution is 0.153. The zero-order valence-corrected chi connectivity index (χ0v) is 19.8. The van der Waals surface area contributed by atoms with Crippen LogP contribution in [0.4, 0.5) is 11.4 Å². The first-order valence-corrected chi connectivity index (χ1v) is 12.8. The van der Waals surface area contributed by atoms with Gasteiger partial charge in [0.05, 0.1) is 11.4 Å². The smallest absolute Gasteiger partial charge is 0.123 e. The number of hydrogen-bond acceptors (Lipinski definition) is 3. The van der Waals surface area contributed by atoms with Crippen LogP contribution in [0, 0.1) is 0 Å². The molecule has 0 bridgehead atoms. The molecule has 2 fully saturated rings. The van der Waals surface area contributed by atoms with Crippen molar-refractivity contribution in [3.63, 3.8) is 0 Å². The summed E-state index contributed by atoms with van der Waals surface area (Å²) >= 11 is 6.14. The van der Waals surface area contributed by atoms with Gasteiger partial charge < -0.3 is 15.5 Å². The number of nitrogens with zero attached hydrogens (tertiary/aromatic N) is 1. The quantitative estimate of drug-likeness (QED) is 0.427. The van der Waals surface area contributed by atoms with Crippen LogP contribution in [0.3, 0.4) is 0 Å². The minimum Gasteiger partial charge on any atom is -0.360 e. The molecular formula is C29H32ClN3. The first-order chi connectivity index (χ1) is 16.2. The van der Waals surface area contributed by atoms with Gasteiger partial charge in [0.15, 0.2) is 0 Å². The molecule has 0 spiro atoms. The third-order valence-corrected chi connectivity index (χ3v) is 8.28. The number of anilines is 2. The van der Waals surface area contributed by atoms with Crippen LogP contribution in [-0.2, 0) is 0 Å². The van der Waals surface area contributed by atoms with Crippen molar-refractivity contribution in [1.29, 1.82) is 0 Å². The lowest BCUT2D eigenvalue weighted by Crippen LogP contribution is -2.39. The van der Waals surface area contributed by atoms with E-state index in [1.807, 2.05) is 18.2 Å². The molecule has 2 heterocycles. The van der Waals surface area contributed by atoms with E-state index in [-0.39, 0.29) is 6.17 Å². The van der Waals surface area contributed by atoms with Crippen molar-refractivity contribution < 1.29 is 0 Å². The van der Waals surface area contributed by atoms with E-state index >= 15 is 0 Å². The molecule has 2 aliphatic heterocycles. The zero-order valence-electron chi connectivity index (χ0n) is 19.0. The van der Waals surface area contributed by atoms with Crippen LogP contribution in [-0.4, -0.2) is 24.0 Å². The fourth-order valence-electron chi connectivity index (χ4n) is 6.15. The molecule has 3 aliphatic rings. The van der Waals surface area contributed by atoms with E-state index in [9.17, 15) is 0 Å². The Morgan fingerprint density at radius 3 is 2.15 bits per heavy atom. The SMILES string of the molecule is Clc1ccc2c(c1)NC(c1ccc(C3CCC(N4CCC(c5ccccc5)CC4)C3)cc1)N2. The second-order valence-corrected chi connectivity index (χ2v) is 10.4. The highest BCUT2D eigenvalue weighted by molar-refractivity contribution is 6.31. The van der Waals surface area contributed by atoms with E-state index in [1.54, 1.807) is 0 Å². The Balaban J connectivity index is 1.04. The zero-order chi connectivity index (χ0) is 22.2. The van der Waals surface area contributed by atoms with E-state index in [2.05, 4.69) is 70.1 Å². The summed E-state index contributed by atoms with van der Waals surface area (Å²) in [5.41, 5.74) is 6.48. The van der Waals surface area contributed by atoms with E-state index in [0.29, 0.717) is 5.92 Å². The summed E-state index contributed by atoms with van der Waals surface area (Å²) in [6.07, 6.45) is 6.66. The van der Waals surface area contributed by atoms with Crippen molar-refractivity contribution in [1.82, 2.24) is 4.90 Å². The molecule has 4 heteroatoms. The van der Waals surface area contributed by atoms with Gasteiger partial charge in [0.25, 0.3) is 0 Å². The van der Waals surface area contributed by atoms with Crippen molar-refractivity contribution in [2.24, 2.45) is 0 Å². The number of rotatable bonds is 4. The third-order valence-electron chi connectivity index (χ3n) is 8.04. The Hall–Kier alpha value is -2.49. The number of benzene rings is 3. The standard InChI is InChI=1S/C29H32ClN3/c30-25-11-13-27-28(19-25)32-29(31-27)23-8-6-21(7-9-23)24-10-12-26(18-24)33-16-14-22(15-17-33)20-4-2-1-3-5-20/h1-9,11,13,19,22,24,26,29,31-32H,10,12,14-18H2. The van der Waals surface area contributed by atoms with E-state index in [4.69, 9.17) is 11.6 Å². The number of fused-ring (bicyclic) bond motifs is 1. The van der Waals surface area contributed by atoms with Crippen LogP contribution in [0.1, 0.15) is 66.8 Å². The normalized spacial score (nSPS) is 25.4. The largest absolute Gasteiger partial charge is 0.360 e. The molecule has 1 saturated heterocycles. The summed E-state index contributed by atoms with van der Waals surface area (Å²) in [5, 5.41) is 7.86. The lowest BCUT2D eigenvalue weighted by atomic mass is 9.88. The number of hydrogen-bond donors (Lipinski definition) is 2. The number of nitrogens with one attached hydrogen (secondary N) is 2. The lowest BCUT2D eigenvalue weighted by Gasteiger charge is -2.36. The van der Waals surface area contributed by atoms with Crippen LogP contribution in [0.2, 0.25) is 5.02 Å². The molecule has 0 amide bonds. The summed E-state index contributed by atoms with van der Waals surface area (Å²) in [5.74, 6) is 1.43.